The van der Waals surface area contributed by atoms with E-state index in [-0.39, 0.29) is 24.5 Å². The number of amides is 1. The number of ether oxygens (including phenoxy) is 4. The van der Waals surface area contributed by atoms with Crippen LogP contribution >= 0.6 is 0 Å². The molecule has 1 aliphatic rings. The SMILES string of the molecule is CCCCCOc1ccc(C2C(C(=O)c3cc4cccc(OC)c4o3)=C(O)C(=O)N2CCOC)cc1OCC. The van der Waals surface area contributed by atoms with Gasteiger partial charge in [-0.3, -0.25) is 9.59 Å². The lowest BCUT2D eigenvalue weighted by atomic mass is 9.94. The van der Waals surface area contributed by atoms with Crippen molar-refractivity contribution in [3.8, 4) is 17.2 Å². The average Bonchev–Trinajstić information content (AvgIpc) is 3.49. The maximum Gasteiger partial charge on any atom is 0.290 e. The third-order valence-corrected chi connectivity index (χ3v) is 6.63. The van der Waals surface area contributed by atoms with Crippen molar-refractivity contribution in [2.24, 2.45) is 0 Å². The number of benzene rings is 2. The van der Waals surface area contributed by atoms with Gasteiger partial charge in [0.25, 0.3) is 5.91 Å². The van der Waals surface area contributed by atoms with E-state index in [1.807, 2.05) is 6.92 Å². The molecule has 2 aromatic carbocycles. The second-order valence-electron chi connectivity index (χ2n) is 9.17. The molecule has 0 aliphatic carbocycles. The van der Waals surface area contributed by atoms with Gasteiger partial charge in [-0.2, -0.15) is 0 Å². The van der Waals surface area contributed by atoms with Crippen molar-refractivity contribution >= 4 is 22.7 Å². The normalized spacial score (nSPS) is 15.3. The maximum atomic E-state index is 13.8. The lowest BCUT2D eigenvalue weighted by molar-refractivity contribution is -0.130. The minimum Gasteiger partial charge on any atom is -0.503 e. The molecule has 208 valence electrons. The highest BCUT2D eigenvalue weighted by Crippen LogP contribution is 2.42. The number of furan rings is 1. The van der Waals surface area contributed by atoms with Gasteiger partial charge in [0, 0.05) is 19.0 Å². The van der Waals surface area contributed by atoms with Crippen LogP contribution in [0, 0.1) is 0 Å². The molecule has 1 aliphatic heterocycles. The lowest BCUT2D eigenvalue weighted by Crippen LogP contribution is -2.34. The molecule has 39 heavy (non-hydrogen) atoms. The maximum absolute atomic E-state index is 13.8. The quantitative estimate of drug-likeness (QED) is 0.208. The van der Waals surface area contributed by atoms with Crippen molar-refractivity contribution in [1.82, 2.24) is 4.90 Å². The van der Waals surface area contributed by atoms with Crippen LogP contribution in [0.25, 0.3) is 11.0 Å². The zero-order valence-corrected chi connectivity index (χ0v) is 22.8. The number of fused-ring (bicyclic) bond motifs is 1. The largest absolute Gasteiger partial charge is 0.503 e. The van der Waals surface area contributed by atoms with Crippen molar-refractivity contribution in [2.75, 3.05) is 40.6 Å². The highest BCUT2D eigenvalue weighted by molar-refractivity contribution is 6.16. The molecule has 1 aromatic heterocycles. The first-order chi connectivity index (χ1) is 18.9. The molecule has 0 radical (unpaired) electrons. The zero-order valence-electron chi connectivity index (χ0n) is 22.8. The number of Topliss-reactive ketones (excluding diaryl/α,β-unsaturated/α-hetero) is 1. The molecular weight excluding hydrogens is 502 g/mol. The van der Waals surface area contributed by atoms with Crippen LogP contribution in [-0.4, -0.2) is 62.3 Å². The number of carbonyl (C=O) groups excluding carboxylic acids is 2. The molecule has 1 N–H and O–H groups in total. The van der Waals surface area contributed by atoms with Crippen LogP contribution in [0.5, 0.6) is 17.2 Å². The van der Waals surface area contributed by atoms with Crippen molar-refractivity contribution in [1.29, 1.82) is 0 Å². The van der Waals surface area contributed by atoms with Gasteiger partial charge in [-0.25, -0.2) is 0 Å². The summed E-state index contributed by atoms with van der Waals surface area (Å²) in [7, 11) is 3.04. The van der Waals surface area contributed by atoms with Gasteiger partial charge in [-0.1, -0.05) is 38.0 Å². The first kappa shape index (κ1) is 28.0. The molecule has 3 aromatic rings. The van der Waals surface area contributed by atoms with Crippen LogP contribution < -0.4 is 14.2 Å². The molecule has 0 fully saturated rings. The summed E-state index contributed by atoms with van der Waals surface area (Å²) in [5, 5.41) is 11.6. The standard InChI is InChI=1S/C30H35NO8/c1-5-7-8-15-38-21-13-12-19(17-23(21)37-6-2)26-25(28(33)30(34)31(26)14-16-35-3)27(32)24-18-20-10-9-11-22(36-4)29(20)39-24/h9-13,17-18,26,33H,5-8,14-16H2,1-4H3. The van der Waals surface area contributed by atoms with E-state index in [9.17, 15) is 14.7 Å². The fourth-order valence-corrected chi connectivity index (χ4v) is 4.71. The highest BCUT2D eigenvalue weighted by atomic mass is 16.5. The second-order valence-corrected chi connectivity index (χ2v) is 9.17. The molecule has 0 saturated heterocycles. The van der Waals surface area contributed by atoms with Crippen LogP contribution in [0.3, 0.4) is 0 Å². The topological polar surface area (TPSA) is 108 Å². The van der Waals surface area contributed by atoms with E-state index in [0.717, 1.165) is 19.3 Å². The second kappa shape index (κ2) is 12.7. The average molecular weight is 538 g/mol. The van der Waals surface area contributed by atoms with Gasteiger partial charge < -0.3 is 33.4 Å². The number of methoxy groups -OCH3 is 2. The van der Waals surface area contributed by atoms with Crippen LogP contribution in [0.15, 0.2) is 58.2 Å². The predicted octanol–water partition coefficient (Wildman–Crippen LogP) is 5.63. The Labute approximate surface area is 227 Å². The fraction of sp³-hybridized carbons (Fsp3) is 0.400. The molecule has 1 unspecified atom stereocenters. The first-order valence-electron chi connectivity index (χ1n) is 13.2. The van der Waals surface area contributed by atoms with Gasteiger partial charge in [0.05, 0.1) is 38.5 Å². The number of hydrogen-bond donors (Lipinski definition) is 1. The molecule has 2 heterocycles. The Bertz CT molecular complexity index is 1360. The first-order valence-corrected chi connectivity index (χ1v) is 13.2. The van der Waals surface area contributed by atoms with E-state index >= 15 is 0 Å². The summed E-state index contributed by atoms with van der Waals surface area (Å²) in [6.45, 7) is 5.33. The smallest absolute Gasteiger partial charge is 0.290 e. The highest BCUT2D eigenvalue weighted by Gasteiger charge is 2.44. The van der Waals surface area contributed by atoms with Gasteiger partial charge in [-0.05, 0) is 43.2 Å². The Morgan fingerprint density at radius 3 is 2.54 bits per heavy atom. The number of hydrogen-bond acceptors (Lipinski definition) is 8. The van der Waals surface area contributed by atoms with Crippen molar-refractivity contribution in [3.05, 3.63) is 65.1 Å². The molecule has 0 saturated carbocycles. The number of unbranched alkanes of at least 4 members (excludes halogenated alkanes) is 2. The summed E-state index contributed by atoms with van der Waals surface area (Å²) in [6, 6.07) is 11.3. The summed E-state index contributed by atoms with van der Waals surface area (Å²) in [5.41, 5.74) is 0.918. The van der Waals surface area contributed by atoms with Crippen molar-refractivity contribution in [2.45, 2.75) is 39.2 Å². The van der Waals surface area contributed by atoms with Gasteiger partial charge in [0.2, 0.25) is 5.78 Å². The minimum atomic E-state index is -0.886. The van der Waals surface area contributed by atoms with E-state index in [1.165, 1.54) is 19.1 Å². The van der Waals surface area contributed by atoms with E-state index in [1.54, 1.807) is 42.5 Å². The van der Waals surface area contributed by atoms with Gasteiger partial charge in [0.1, 0.15) is 0 Å². The Morgan fingerprint density at radius 2 is 1.82 bits per heavy atom. The Balaban J connectivity index is 1.75. The number of rotatable bonds is 14. The summed E-state index contributed by atoms with van der Waals surface area (Å²) >= 11 is 0. The molecule has 9 heteroatoms. The molecule has 1 amide bonds. The minimum absolute atomic E-state index is 0.0108. The monoisotopic (exact) mass is 537 g/mol. The summed E-state index contributed by atoms with van der Waals surface area (Å²) in [5.74, 6) is -0.336. The molecular formula is C30H35NO8. The Morgan fingerprint density at radius 1 is 1.00 bits per heavy atom. The molecule has 4 rings (SSSR count). The van der Waals surface area contributed by atoms with Crippen molar-refractivity contribution in [3.63, 3.8) is 0 Å². The predicted molar refractivity (Wildman–Crippen MR) is 146 cm³/mol. The number of para-hydroxylation sites is 1. The fourth-order valence-electron chi connectivity index (χ4n) is 4.71. The summed E-state index contributed by atoms with van der Waals surface area (Å²) in [6.07, 6.45) is 3.06. The van der Waals surface area contributed by atoms with Crippen LogP contribution in [0.2, 0.25) is 0 Å². The van der Waals surface area contributed by atoms with Gasteiger partial charge in [-0.15, -0.1) is 0 Å². The van der Waals surface area contributed by atoms with Gasteiger partial charge >= 0.3 is 0 Å². The number of nitrogens with zero attached hydrogens (tertiary/aromatic N) is 1. The molecule has 0 bridgehead atoms. The summed E-state index contributed by atoms with van der Waals surface area (Å²) < 4.78 is 28.3. The van der Waals surface area contributed by atoms with E-state index < -0.39 is 23.5 Å². The Kier molecular flexibility index (Phi) is 9.14. The van der Waals surface area contributed by atoms with Gasteiger partial charge in [0.15, 0.2) is 34.4 Å². The molecule has 0 spiro atoms. The number of aliphatic hydroxyl groups excluding tert-OH is 1. The lowest BCUT2D eigenvalue weighted by Gasteiger charge is -2.27. The Hall–Kier alpha value is -3.98. The zero-order chi connectivity index (χ0) is 27.9. The van der Waals surface area contributed by atoms with Crippen molar-refractivity contribution < 1.29 is 38.1 Å². The number of carbonyl (C=O) groups is 2. The van der Waals surface area contributed by atoms with E-state index in [0.29, 0.717) is 47.0 Å². The third kappa shape index (κ3) is 5.73. The number of aliphatic hydroxyl groups is 1. The van der Waals surface area contributed by atoms with E-state index in [2.05, 4.69) is 6.92 Å². The van der Waals surface area contributed by atoms with Crippen LogP contribution in [-0.2, 0) is 9.53 Å². The van der Waals surface area contributed by atoms with E-state index in [4.69, 9.17) is 23.4 Å². The molecule has 9 nitrogen and oxygen atoms in total. The van der Waals surface area contributed by atoms with Crippen LogP contribution in [0.4, 0.5) is 0 Å². The van der Waals surface area contributed by atoms with Crippen LogP contribution in [0.1, 0.15) is 55.3 Å². The summed E-state index contributed by atoms with van der Waals surface area (Å²) in [4.78, 5) is 28.5. The third-order valence-electron chi connectivity index (χ3n) is 6.63. The molecule has 1 atom stereocenters. The number of ketones is 1.